The van der Waals surface area contributed by atoms with Crippen LogP contribution in [0, 0.1) is 0 Å². The van der Waals surface area contributed by atoms with Gasteiger partial charge in [-0.3, -0.25) is 4.40 Å². The number of pyridine rings is 1. The van der Waals surface area contributed by atoms with Crippen LogP contribution in [-0.4, -0.2) is 54.3 Å². The van der Waals surface area contributed by atoms with Gasteiger partial charge in [0, 0.05) is 36.3 Å². The lowest BCUT2D eigenvalue weighted by Crippen LogP contribution is -2.59. The van der Waals surface area contributed by atoms with Gasteiger partial charge in [0.05, 0.1) is 5.69 Å². The minimum absolute atomic E-state index is 0.0896. The highest BCUT2D eigenvalue weighted by atomic mass is 19.1. The number of aromatic nitrogens is 5. The molecule has 2 saturated heterocycles. The fourth-order valence-corrected chi connectivity index (χ4v) is 4.88. The van der Waals surface area contributed by atoms with Gasteiger partial charge in [0.1, 0.15) is 18.2 Å². The largest absolute Gasteiger partial charge is 0.507 e. The molecular formula is C24H23FN6O2. The lowest BCUT2D eigenvalue weighted by atomic mass is 9.84. The third-order valence-corrected chi connectivity index (χ3v) is 6.59. The van der Waals surface area contributed by atoms with Crippen molar-refractivity contribution >= 4 is 5.65 Å². The average molecular weight is 446 g/mol. The Hall–Kier alpha value is -3.59. The van der Waals surface area contributed by atoms with Crippen LogP contribution in [0.1, 0.15) is 25.7 Å². The first-order chi connectivity index (χ1) is 16.1. The summed E-state index contributed by atoms with van der Waals surface area (Å²) in [7, 11) is 0. The molecule has 0 saturated carbocycles. The Morgan fingerprint density at radius 2 is 1.94 bits per heavy atom. The van der Waals surface area contributed by atoms with E-state index in [4.69, 9.17) is 4.74 Å². The molecule has 33 heavy (non-hydrogen) atoms. The first kappa shape index (κ1) is 20.0. The van der Waals surface area contributed by atoms with E-state index < -0.39 is 12.3 Å². The predicted molar refractivity (Wildman–Crippen MR) is 120 cm³/mol. The monoisotopic (exact) mass is 446 g/mol. The summed E-state index contributed by atoms with van der Waals surface area (Å²) in [6.45, 7) is 0. The number of nitrogens with zero attached hydrogens (tertiary/aromatic N) is 5. The summed E-state index contributed by atoms with van der Waals surface area (Å²) >= 11 is 0. The van der Waals surface area contributed by atoms with Crippen molar-refractivity contribution in [3.63, 3.8) is 0 Å². The second-order valence-electron chi connectivity index (χ2n) is 8.74. The second kappa shape index (κ2) is 8.08. The highest BCUT2D eigenvalue weighted by molar-refractivity contribution is 5.75. The molecule has 6 rings (SSSR count). The van der Waals surface area contributed by atoms with E-state index in [1.54, 1.807) is 30.6 Å². The Morgan fingerprint density at radius 3 is 2.79 bits per heavy atom. The molecule has 8 nitrogen and oxygen atoms in total. The third-order valence-electron chi connectivity index (χ3n) is 6.59. The molecule has 168 valence electrons. The van der Waals surface area contributed by atoms with Gasteiger partial charge in [0.15, 0.2) is 11.8 Å². The van der Waals surface area contributed by atoms with Gasteiger partial charge in [0.2, 0.25) is 5.88 Å². The molecule has 4 aromatic rings. The van der Waals surface area contributed by atoms with Crippen LogP contribution in [0.25, 0.3) is 28.0 Å². The quantitative estimate of drug-likeness (QED) is 0.495. The molecule has 0 amide bonds. The number of piperidine rings is 2. The van der Waals surface area contributed by atoms with Crippen molar-refractivity contribution in [3.8, 4) is 34.0 Å². The number of rotatable bonds is 4. The van der Waals surface area contributed by atoms with Crippen molar-refractivity contribution in [1.29, 1.82) is 0 Å². The number of hydrogen-bond donors (Lipinski definition) is 2. The van der Waals surface area contributed by atoms with Crippen molar-refractivity contribution in [2.24, 2.45) is 0 Å². The van der Waals surface area contributed by atoms with Crippen LogP contribution >= 0.6 is 0 Å². The van der Waals surface area contributed by atoms with Crippen LogP contribution in [0.5, 0.6) is 11.6 Å². The maximum Gasteiger partial charge on any atom is 0.233 e. The van der Waals surface area contributed by atoms with Crippen LogP contribution in [0.15, 0.2) is 55.0 Å². The number of halogens is 1. The smallest absolute Gasteiger partial charge is 0.233 e. The maximum atomic E-state index is 14.8. The molecule has 0 unspecified atom stereocenters. The zero-order chi connectivity index (χ0) is 22.4. The standard InChI is InChI=1S/C24H23FN6O2/c25-24-19-3-1-2-16(27-19)12-21(24)33-23-7-6-18(28-30-23)17-5-4-14(10-20(17)32)15-8-9-31-13-26-29-22(31)11-15/h4-11,13,16,19,21,24,27,32H,1-3,12H2/t16-,19+,21-,24+/m1/s1. The van der Waals surface area contributed by atoms with Gasteiger partial charge in [0.25, 0.3) is 0 Å². The summed E-state index contributed by atoms with van der Waals surface area (Å²) in [5.74, 6) is 0.385. The molecule has 0 spiro atoms. The van der Waals surface area contributed by atoms with Gasteiger partial charge in [-0.05, 0) is 54.3 Å². The molecule has 0 aliphatic carbocycles. The minimum atomic E-state index is -1.06. The molecule has 9 heteroatoms. The number of fused-ring (bicyclic) bond motifs is 3. The SMILES string of the molecule is Oc1cc(-c2ccn3cnnc3c2)ccc1-c1ccc(O[C@@H]2C[C@H]3CCC[C@H](N3)[C@@H]2F)nn1. The van der Waals surface area contributed by atoms with E-state index in [1.165, 1.54) is 0 Å². The molecule has 1 aromatic carbocycles. The summed E-state index contributed by atoms with van der Waals surface area (Å²) < 4.78 is 22.5. The van der Waals surface area contributed by atoms with E-state index in [1.807, 2.05) is 28.8 Å². The molecule has 5 heterocycles. The number of benzene rings is 1. The van der Waals surface area contributed by atoms with Crippen LogP contribution in [0.2, 0.25) is 0 Å². The van der Waals surface area contributed by atoms with E-state index in [-0.39, 0.29) is 11.8 Å². The first-order valence-corrected chi connectivity index (χ1v) is 11.2. The predicted octanol–water partition coefficient (Wildman–Crippen LogP) is 3.56. The minimum Gasteiger partial charge on any atom is -0.507 e. The topological polar surface area (TPSA) is 97.5 Å². The number of aromatic hydroxyl groups is 1. The molecule has 2 bridgehead atoms. The Balaban J connectivity index is 1.20. The second-order valence-corrected chi connectivity index (χ2v) is 8.74. The molecule has 2 aliphatic rings. The fourth-order valence-electron chi connectivity index (χ4n) is 4.88. The highest BCUT2D eigenvalue weighted by Gasteiger charge is 2.41. The van der Waals surface area contributed by atoms with Gasteiger partial charge in [-0.25, -0.2) is 4.39 Å². The molecule has 2 fully saturated rings. The fraction of sp³-hybridized carbons (Fsp3) is 0.333. The van der Waals surface area contributed by atoms with Crippen LogP contribution < -0.4 is 10.1 Å². The average Bonchev–Trinajstić information content (AvgIpc) is 3.31. The Bertz CT molecular complexity index is 1290. The number of hydrogen-bond acceptors (Lipinski definition) is 7. The lowest BCUT2D eigenvalue weighted by Gasteiger charge is -2.42. The molecule has 4 atom stereocenters. The molecular weight excluding hydrogens is 423 g/mol. The van der Waals surface area contributed by atoms with Crippen LogP contribution in [0.4, 0.5) is 4.39 Å². The van der Waals surface area contributed by atoms with E-state index in [0.717, 1.165) is 36.0 Å². The van der Waals surface area contributed by atoms with E-state index in [0.29, 0.717) is 29.6 Å². The Morgan fingerprint density at radius 1 is 1.03 bits per heavy atom. The highest BCUT2D eigenvalue weighted by Crippen LogP contribution is 2.34. The normalized spacial score (nSPS) is 24.6. The zero-order valence-corrected chi connectivity index (χ0v) is 17.8. The third kappa shape index (κ3) is 3.78. The van der Waals surface area contributed by atoms with Crippen LogP contribution in [-0.2, 0) is 0 Å². The zero-order valence-electron chi connectivity index (χ0n) is 17.8. The van der Waals surface area contributed by atoms with Crippen LogP contribution in [0.3, 0.4) is 0 Å². The summed E-state index contributed by atoms with van der Waals surface area (Å²) in [5, 5.41) is 30.3. The van der Waals surface area contributed by atoms with Crippen molar-refractivity contribution in [2.45, 2.75) is 50.0 Å². The number of alkyl halides is 1. The summed E-state index contributed by atoms with van der Waals surface area (Å²) in [6.07, 6.45) is 5.51. The molecule has 2 aliphatic heterocycles. The lowest BCUT2D eigenvalue weighted by molar-refractivity contribution is 0.00652. The van der Waals surface area contributed by atoms with Crippen molar-refractivity contribution < 1.29 is 14.2 Å². The summed E-state index contributed by atoms with van der Waals surface area (Å²) in [5.41, 5.74) is 3.56. The van der Waals surface area contributed by atoms with Gasteiger partial charge >= 0.3 is 0 Å². The van der Waals surface area contributed by atoms with Crippen molar-refractivity contribution in [3.05, 3.63) is 55.0 Å². The summed E-state index contributed by atoms with van der Waals surface area (Å²) in [6, 6.07) is 12.8. The number of nitrogens with one attached hydrogen (secondary N) is 1. The van der Waals surface area contributed by atoms with Gasteiger partial charge in [-0.1, -0.05) is 12.5 Å². The molecule has 0 radical (unpaired) electrons. The van der Waals surface area contributed by atoms with E-state index >= 15 is 0 Å². The number of phenols is 1. The van der Waals surface area contributed by atoms with Gasteiger partial charge in [-0.2, -0.15) is 0 Å². The van der Waals surface area contributed by atoms with Crippen molar-refractivity contribution in [1.82, 2.24) is 30.1 Å². The number of ether oxygens (including phenoxy) is 1. The van der Waals surface area contributed by atoms with Gasteiger partial charge in [-0.15, -0.1) is 20.4 Å². The van der Waals surface area contributed by atoms with E-state index in [2.05, 4.69) is 25.7 Å². The van der Waals surface area contributed by atoms with Gasteiger partial charge < -0.3 is 15.2 Å². The van der Waals surface area contributed by atoms with E-state index in [9.17, 15) is 9.50 Å². The maximum absolute atomic E-state index is 14.8. The van der Waals surface area contributed by atoms with Crippen molar-refractivity contribution in [2.75, 3.05) is 0 Å². The molecule has 3 aromatic heterocycles. The number of phenolic OH excluding ortho intramolecular Hbond substituents is 1. The molecule has 2 N–H and O–H groups in total. The Labute approximate surface area is 189 Å². The Kier molecular flexibility index (Phi) is 4.91. The first-order valence-electron chi connectivity index (χ1n) is 11.2. The summed E-state index contributed by atoms with van der Waals surface area (Å²) in [4.78, 5) is 0.